The number of carbonyl (C=O) groups excluding carboxylic acids is 1. The summed E-state index contributed by atoms with van der Waals surface area (Å²) in [4.78, 5) is 36.4. The average molecular weight is 369 g/mol. The number of nitrogens with zero attached hydrogens (tertiary/aromatic N) is 2. The Morgan fingerprint density at radius 3 is 2.67 bits per heavy atom. The minimum atomic E-state index is -0.903. The fourth-order valence-corrected chi connectivity index (χ4v) is 3.64. The molecule has 27 heavy (non-hydrogen) atoms. The lowest BCUT2D eigenvalue weighted by atomic mass is 9.74. The van der Waals surface area contributed by atoms with E-state index >= 15 is 0 Å². The maximum Gasteiger partial charge on any atom is 0.308 e. The van der Waals surface area contributed by atoms with Crippen LogP contribution in [0, 0.1) is 5.92 Å². The summed E-state index contributed by atoms with van der Waals surface area (Å²) in [6.07, 6.45) is 2.83. The van der Waals surface area contributed by atoms with Gasteiger partial charge in [-0.3, -0.25) is 14.4 Å². The first-order valence-electron chi connectivity index (χ1n) is 9.06. The maximum absolute atomic E-state index is 12.7. The SMILES string of the molecule is CC1(NC(=O)c2ccc(=O)n(Cc3ccccc3)n2)CCCCC1C(=O)O. The third-order valence-corrected chi connectivity index (χ3v) is 5.18. The monoisotopic (exact) mass is 369 g/mol. The molecule has 1 amide bonds. The highest BCUT2D eigenvalue weighted by Crippen LogP contribution is 2.34. The molecule has 1 aliphatic carbocycles. The Labute approximate surface area is 157 Å². The van der Waals surface area contributed by atoms with Crippen LogP contribution in [-0.4, -0.2) is 32.3 Å². The third-order valence-electron chi connectivity index (χ3n) is 5.18. The number of carboxylic acids is 1. The number of amides is 1. The molecule has 1 aliphatic rings. The Morgan fingerprint density at radius 1 is 1.22 bits per heavy atom. The molecule has 1 aromatic carbocycles. The zero-order valence-corrected chi connectivity index (χ0v) is 15.2. The van der Waals surface area contributed by atoms with Gasteiger partial charge in [-0.2, -0.15) is 5.10 Å². The summed E-state index contributed by atoms with van der Waals surface area (Å²) in [5.41, 5.74) is -0.137. The van der Waals surface area contributed by atoms with Crippen LogP contribution in [0.5, 0.6) is 0 Å². The summed E-state index contributed by atoms with van der Waals surface area (Å²) in [5.74, 6) is -2.00. The Balaban J connectivity index is 1.81. The van der Waals surface area contributed by atoms with E-state index in [9.17, 15) is 19.5 Å². The Bertz CT molecular complexity index is 894. The molecule has 7 heteroatoms. The van der Waals surface area contributed by atoms with Gasteiger partial charge in [0.2, 0.25) is 0 Å². The van der Waals surface area contributed by atoms with Gasteiger partial charge in [0.15, 0.2) is 0 Å². The van der Waals surface area contributed by atoms with E-state index < -0.39 is 23.3 Å². The highest BCUT2D eigenvalue weighted by atomic mass is 16.4. The minimum absolute atomic E-state index is 0.0986. The van der Waals surface area contributed by atoms with Crippen molar-refractivity contribution in [1.82, 2.24) is 15.1 Å². The number of carbonyl (C=O) groups is 2. The Morgan fingerprint density at radius 2 is 1.96 bits per heavy atom. The summed E-state index contributed by atoms with van der Waals surface area (Å²) in [6.45, 7) is 2.03. The van der Waals surface area contributed by atoms with Crippen LogP contribution in [0.25, 0.3) is 0 Å². The molecule has 2 N–H and O–H groups in total. The van der Waals surface area contributed by atoms with Gasteiger partial charge < -0.3 is 10.4 Å². The molecule has 2 unspecified atom stereocenters. The number of hydrogen-bond donors (Lipinski definition) is 2. The summed E-state index contributed by atoms with van der Waals surface area (Å²) in [5, 5.41) is 16.5. The van der Waals surface area contributed by atoms with Gasteiger partial charge >= 0.3 is 5.97 Å². The number of carboxylic acid groups (broad SMARTS) is 1. The van der Waals surface area contributed by atoms with E-state index in [1.807, 2.05) is 30.3 Å². The first-order valence-corrected chi connectivity index (χ1v) is 9.06. The molecule has 1 fully saturated rings. The van der Waals surface area contributed by atoms with Crippen molar-refractivity contribution in [2.24, 2.45) is 5.92 Å². The van der Waals surface area contributed by atoms with E-state index in [1.165, 1.54) is 16.8 Å². The van der Waals surface area contributed by atoms with Crippen molar-refractivity contribution in [2.45, 2.75) is 44.7 Å². The number of rotatable bonds is 5. The number of benzene rings is 1. The molecule has 1 saturated carbocycles. The maximum atomic E-state index is 12.7. The molecular weight excluding hydrogens is 346 g/mol. The van der Waals surface area contributed by atoms with Crippen molar-refractivity contribution in [3.8, 4) is 0 Å². The molecule has 7 nitrogen and oxygen atoms in total. The topological polar surface area (TPSA) is 101 Å². The predicted octanol–water partition coefficient (Wildman–Crippen LogP) is 2.05. The van der Waals surface area contributed by atoms with Gasteiger partial charge in [0.1, 0.15) is 5.69 Å². The molecule has 2 aromatic rings. The normalized spacial score (nSPS) is 22.2. The van der Waals surface area contributed by atoms with Gasteiger partial charge in [0, 0.05) is 6.07 Å². The first-order chi connectivity index (χ1) is 12.9. The molecule has 1 aromatic heterocycles. The quantitative estimate of drug-likeness (QED) is 0.840. The van der Waals surface area contributed by atoms with Crippen molar-refractivity contribution in [2.75, 3.05) is 0 Å². The van der Waals surface area contributed by atoms with Crippen LogP contribution >= 0.6 is 0 Å². The van der Waals surface area contributed by atoms with Crippen molar-refractivity contribution >= 4 is 11.9 Å². The van der Waals surface area contributed by atoms with E-state index in [-0.39, 0.29) is 17.8 Å². The van der Waals surface area contributed by atoms with Crippen LogP contribution in [0.4, 0.5) is 0 Å². The molecule has 142 valence electrons. The third kappa shape index (κ3) is 4.24. The van der Waals surface area contributed by atoms with Gasteiger partial charge in [-0.25, -0.2) is 4.68 Å². The fraction of sp³-hybridized carbons (Fsp3) is 0.400. The number of hydrogen-bond acceptors (Lipinski definition) is 4. The zero-order chi connectivity index (χ0) is 19.4. The van der Waals surface area contributed by atoms with E-state index in [0.29, 0.717) is 12.8 Å². The van der Waals surface area contributed by atoms with Crippen molar-refractivity contribution < 1.29 is 14.7 Å². The van der Waals surface area contributed by atoms with E-state index in [0.717, 1.165) is 18.4 Å². The lowest BCUT2D eigenvalue weighted by Gasteiger charge is -2.39. The number of aliphatic carboxylic acids is 1. The lowest BCUT2D eigenvalue weighted by Crippen LogP contribution is -2.55. The van der Waals surface area contributed by atoms with Gasteiger partial charge in [0.25, 0.3) is 11.5 Å². The zero-order valence-electron chi connectivity index (χ0n) is 15.2. The average Bonchev–Trinajstić information content (AvgIpc) is 2.64. The Kier molecular flexibility index (Phi) is 5.39. The lowest BCUT2D eigenvalue weighted by molar-refractivity contribution is -0.145. The summed E-state index contributed by atoms with van der Waals surface area (Å²) in [7, 11) is 0. The van der Waals surface area contributed by atoms with E-state index in [2.05, 4.69) is 10.4 Å². The Hall–Kier alpha value is -2.96. The van der Waals surface area contributed by atoms with Crippen LogP contribution in [0.15, 0.2) is 47.3 Å². The molecule has 0 saturated heterocycles. The molecule has 0 radical (unpaired) electrons. The highest BCUT2D eigenvalue weighted by Gasteiger charge is 2.42. The molecule has 2 atom stereocenters. The van der Waals surface area contributed by atoms with Crippen LogP contribution in [0.1, 0.15) is 48.7 Å². The van der Waals surface area contributed by atoms with Crippen molar-refractivity contribution in [1.29, 1.82) is 0 Å². The van der Waals surface area contributed by atoms with Gasteiger partial charge in [-0.15, -0.1) is 0 Å². The first kappa shape index (κ1) is 18.8. The highest BCUT2D eigenvalue weighted by molar-refractivity contribution is 5.93. The number of aromatic nitrogens is 2. The second-order valence-corrected chi connectivity index (χ2v) is 7.21. The van der Waals surface area contributed by atoms with Gasteiger partial charge in [-0.05, 0) is 31.4 Å². The molecule has 1 heterocycles. The standard InChI is InChI=1S/C20H23N3O4/c1-20(12-6-5-9-15(20)19(26)27)21-18(25)16-10-11-17(24)23(22-16)13-14-7-3-2-4-8-14/h2-4,7-8,10-11,15H,5-6,9,12-13H2,1H3,(H,21,25)(H,26,27). The molecule has 0 spiro atoms. The van der Waals surface area contributed by atoms with Gasteiger partial charge in [0.05, 0.1) is 18.0 Å². The summed E-state index contributed by atoms with van der Waals surface area (Å²) in [6, 6.07) is 12.1. The van der Waals surface area contributed by atoms with Gasteiger partial charge in [-0.1, -0.05) is 43.2 Å². The molecule has 3 rings (SSSR count). The smallest absolute Gasteiger partial charge is 0.308 e. The minimum Gasteiger partial charge on any atom is -0.481 e. The molecular formula is C20H23N3O4. The summed E-state index contributed by atoms with van der Waals surface area (Å²) < 4.78 is 1.24. The van der Waals surface area contributed by atoms with Crippen LogP contribution < -0.4 is 10.9 Å². The van der Waals surface area contributed by atoms with Crippen LogP contribution in [0.2, 0.25) is 0 Å². The van der Waals surface area contributed by atoms with E-state index in [1.54, 1.807) is 6.92 Å². The second-order valence-electron chi connectivity index (χ2n) is 7.21. The molecule has 0 aliphatic heterocycles. The predicted molar refractivity (Wildman–Crippen MR) is 99.5 cm³/mol. The largest absolute Gasteiger partial charge is 0.481 e. The number of nitrogens with one attached hydrogen (secondary N) is 1. The van der Waals surface area contributed by atoms with Crippen LogP contribution in [-0.2, 0) is 11.3 Å². The van der Waals surface area contributed by atoms with Crippen molar-refractivity contribution in [3.05, 3.63) is 64.1 Å². The fourth-order valence-electron chi connectivity index (χ4n) is 3.64. The molecule has 0 bridgehead atoms. The van der Waals surface area contributed by atoms with E-state index in [4.69, 9.17) is 0 Å². The second kappa shape index (κ2) is 7.73. The van der Waals surface area contributed by atoms with Crippen molar-refractivity contribution in [3.63, 3.8) is 0 Å². The van der Waals surface area contributed by atoms with Crippen LogP contribution in [0.3, 0.4) is 0 Å². The summed E-state index contributed by atoms with van der Waals surface area (Å²) >= 11 is 0.